The first-order chi connectivity index (χ1) is 11.4. The number of halogens is 6. The van der Waals surface area contributed by atoms with E-state index >= 15 is 0 Å². The third-order valence-electron chi connectivity index (χ3n) is 5.05. The summed E-state index contributed by atoms with van der Waals surface area (Å²) in [6.07, 6.45) is -11.0. The summed E-state index contributed by atoms with van der Waals surface area (Å²) >= 11 is 0. The molecule has 1 aliphatic heterocycles. The van der Waals surface area contributed by atoms with Crippen LogP contribution in [-0.4, -0.2) is 53.5 Å². The number of carbonyl (C=O) groups excluding carboxylic acids is 1. The summed E-state index contributed by atoms with van der Waals surface area (Å²) < 4.78 is 78.0. The highest BCUT2D eigenvalue weighted by atomic mass is 19.4. The van der Waals surface area contributed by atoms with Gasteiger partial charge in [0, 0.05) is 19.1 Å². The van der Waals surface area contributed by atoms with Gasteiger partial charge in [-0.25, -0.2) is 4.79 Å². The third kappa shape index (κ3) is 3.79. The van der Waals surface area contributed by atoms with E-state index in [1.807, 2.05) is 0 Å². The van der Waals surface area contributed by atoms with Crippen LogP contribution in [0.15, 0.2) is 0 Å². The minimum atomic E-state index is -5.50. The fraction of sp³-hybridized carbons (Fsp3) is 0.857. The Kier molecular flexibility index (Phi) is 5.16. The summed E-state index contributed by atoms with van der Waals surface area (Å²) in [6, 6.07) is -1.43. The molecular formula is C14H18F6N2O3. The summed E-state index contributed by atoms with van der Waals surface area (Å²) in [7, 11) is 0. The summed E-state index contributed by atoms with van der Waals surface area (Å²) in [5.74, 6) is -1.49. The van der Waals surface area contributed by atoms with Crippen LogP contribution in [0.2, 0.25) is 0 Å². The molecule has 25 heavy (non-hydrogen) atoms. The molecular weight excluding hydrogens is 358 g/mol. The lowest BCUT2D eigenvalue weighted by Crippen LogP contribution is -2.53. The number of hydrogen-bond acceptors (Lipinski definition) is 2. The van der Waals surface area contributed by atoms with Crippen LogP contribution in [0.25, 0.3) is 0 Å². The van der Waals surface area contributed by atoms with Gasteiger partial charge < -0.3 is 15.3 Å². The summed E-state index contributed by atoms with van der Waals surface area (Å²) in [5, 5.41) is 11.3. The normalized spacial score (nSPS) is 27.2. The highest BCUT2D eigenvalue weighted by Gasteiger charge is 2.72. The van der Waals surface area contributed by atoms with Gasteiger partial charge in [-0.3, -0.25) is 4.79 Å². The number of hydrogen-bond donors (Lipinski definition) is 2. The van der Waals surface area contributed by atoms with E-state index < -0.39 is 61.2 Å². The van der Waals surface area contributed by atoms with Gasteiger partial charge >= 0.3 is 24.4 Å². The fourth-order valence-corrected chi connectivity index (χ4v) is 3.36. The molecule has 2 N–H and O–H groups in total. The molecule has 1 saturated carbocycles. The lowest BCUT2D eigenvalue weighted by molar-refractivity contribution is -0.334. The number of amides is 2. The quantitative estimate of drug-likeness (QED) is 0.728. The summed E-state index contributed by atoms with van der Waals surface area (Å²) in [4.78, 5) is 23.4. The maximum absolute atomic E-state index is 13.0. The largest absolute Gasteiger partial charge is 0.481 e. The molecule has 11 heteroatoms. The third-order valence-corrected chi connectivity index (χ3v) is 5.05. The molecule has 0 radical (unpaired) electrons. The van der Waals surface area contributed by atoms with Gasteiger partial charge in [0.15, 0.2) is 5.41 Å². The molecule has 0 aromatic heterocycles. The van der Waals surface area contributed by atoms with E-state index in [9.17, 15) is 35.9 Å². The molecule has 0 unspecified atom stereocenters. The molecule has 144 valence electrons. The van der Waals surface area contributed by atoms with Crippen molar-refractivity contribution in [2.24, 2.45) is 11.3 Å². The van der Waals surface area contributed by atoms with E-state index in [0.29, 0.717) is 30.6 Å². The highest BCUT2D eigenvalue weighted by molar-refractivity contribution is 5.75. The van der Waals surface area contributed by atoms with Crippen LogP contribution in [0.1, 0.15) is 32.1 Å². The maximum atomic E-state index is 13.0. The first-order valence-corrected chi connectivity index (χ1v) is 7.79. The Morgan fingerprint density at radius 3 is 1.92 bits per heavy atom. The van der Waals surface area contributed by atoms with Crippen LogP contribution in [-0.2, 0) is 4.79 Å². The first-order valence-electron chi connectivity index (χ1n) is 7.79. The number of alkyl halides is 6. The number of aliphatic carboxylic acids is 1. The number of urea groups is 1. The van der Waals surface area contributed by atoms with E-state index in [0.717, 1.165) is 0 Å². The summed E-state index contributed by atoms with van der Waals surface area (Å²) in [5.41, 5.74) is -3.90. The number of rotatable bonds is 2. The van der Waals surface area contributed by atoms with Gasteiger partial charge in [0.2, 0.25) is 0 Å². The molecule has 1 heterocycles. The maximum Gasteiger partial charge on any atom is 0.404 e. The van der Waals surface area contributed by atoms with E-state index in [1.54, 1.807) is 0 Å². The zero-order chi connectivity index (χ0) is 19.0. The van der Waals surface area contributed by atoms with Crippen LogP contribution in [0.3, 0.4) is 0 Å². The van der Waals surface area contributed by atoms with Crippen molar-refractivity contribution in [1.29, 1.82) is 0 Å². The Morgan fingerprint density at radius 1 is 1.00 bits per heavy atom. The van der Waals surface area contributed by atoms with Gasteiger partial charge in [0.1, 0.15) is 0 Å². The molecule has 2 fully saturated rings. The van der Waals surface area contributed by atoms with Gasteiger partial charge in [0.25, 0.3) is 0 Å². The topological polar surface area (TPSA) is 69.6 Å². The second-order valence-corrected chi connectivity index (χ2v) is 6.59. The van der Waals surface area contributed by atoms with Gasteiger partial charge in [-0.2, -0.15) is 26.3 Å². The number of likely N-dealkylation sites (tertiary alicyclic amines) is 1. The van der Waals surface area contributed by atoms with Gasteiger partial charge in [0.05, 0.1) is 5.92 Å². The van der Waals surface area contributed by atoms with Crippen LogP contribution >= 0.6 is 0 Å². The Bertz CT molecular complexity index is 512. The monoisotopic (exact) mass is 376 g/mol. The molecule has 2 aliphatic rings. The Hall–Kier alpha value is -1.68. The molecule has 0 atom stereocenters. The van der Waals surface area contributed by atoms with Gasteiger partial charge in [-0.15, -0.1) is 0 Å². The fourth-order valence-electron chi connectivity index (χ4n) is 3.36. The lowest BCUT2D eigenvalue weighted by atomic mass is 9.85. The molecule has 2 amide bonds. The number of nitrogens with zero attached hydrogens (tertiary/aromatic N) is 1. The number of carboxylic acids is 1. The smallest absolute Gasteiger partial charge is 0.404 e. The average Bonchev–Trinajstić information content (AvgIpc) is 2.94. The SMILES string of the molecule is O=C(O)C1CCC(NC(=O)N2CCC(C(F)(F)F)(C(F)(F)F)C2)CC1. The summed E-state index contributed by atoms with van der Waals surface area (Å²) in [6.45, 7) is -2.11. The Balaban J connectivity index is 1.97. The van der Waals surface area contributed by atoms with Crippen LogP contribution in [0.4, 0.5) is 31.1 Å². The predicted octanol–water partition coefficient (Wildman–Crippen LogP) is 3.16. The molecule has 0 aromatic rings. The van der Waals surface area contributed by atoms with Crippen molar-refractivity contribution in [2.45, 2.75) is 50.5 Å². The van der Waals surface area contributed by atoms with E-state index in [2.05, 4.69) is 5.32 Å². The number of carboxylic acid groups (broad SMARTS) is 1. The number of nitrogens with one attached hydrogen (secondary N) is 1. The molecule has 1 aliphatic carbocycles. The van der Waals surface area contributed by atoms with Crippen LogP contribution in [0.5, 0.6) is 0 Å². The second kappa shape index (κ2) is 6.56. The standard InChI is InChI=1S/C14H18F6N2O3/c15-13(16,17)12(14(18,19)20)5-6-22(7-12)11(25)21-9-3-1-8(2-4-9)10(23)24/h8-9H,1-7H2,(H,21,25)(H,23,24). The minimum Gasteiger partial charge on any atom is -0.481 e. The average molecular weight is 376 g/mol. The van der Waals surface area contributed by atoms with Crippen LogP contribution in [0, 0.1) is 11.3 Å². The molecule has 5 nitrogen and oxygen atoms in total. The molecule has 2 rings (SSSR count). The zero-order valence-electron chi connectivity index (χ0n) is 13.1. The number of carbonyl (C=O) groups is 2. The zero-order valence-corrected chi connectivity index (χ0v) is 13.1. The highest BCUT2D eigenvalue weighted by Crippen LogP contribution is 2.55. The van der Waals surface area contributed by atoms with Crippen molar-refractivity contribution in [3.63, 3.8) is 0 Å². The van der Waals surface area contributed by atoms with Gasteiger partial charge in [-0.05, 0) is 32.1 Å². The predicted molar refractivity (Wildman–Crippen MR) is 72.6 cm³/mol. The van der Waals surface area contributed by atoms with Crippen molar-refractivity contribution < 1.29 is 41.0 Å². The van der Waals surface area contributed by atoms with E-state index in [1.165, 1.54) is 0 Å². The first kappa shape index (κ1) is 19.6. The van der Waals surface area contributed by atoms with Crippen molar-refractivity contribution in [2.75, 3.05) is 13.1 Å². The van der Waals surface area contributed by atoms with Crippen molar-refractivity contribution in [3.05, 3.63) is 0 Å². The second-order valence-electron chi connectivity index (χ2n) is 6.59. The van der Waals surface area contributed by atoms with Crippen molar-refractivity contribution in [1.82, 2.24) is 10.2 Å². The molecule has 0 bridgehead atoms. The van der Waals surface area contributed by atoms with Gasteiger partial charge in [-0.1, -0.05) is 0 Å². The van der Waals surface area contributed by atoms with Crippen molar-refractivity contribution >= 4 is 12.0 Å². The van der Waals surface area contributed by atoms with Crippen LogP contribution < -0.4 is 5.32 Å². The lowest BCUT2D eigenvalue weighted by Gasteiger charge is -2.34. The Labute approximate surface area is 139 Å². The van der Waals surface area contributed by atoms with E-state index in [4.69, 9.17) is 5.11 Å². The molecule has 0 spiro atoms. The molecule has 0 aromatic carbocycles. The van der Waals surface area contributed by atoms with Crippen molar-refractivity contribution in [3.8, 4) is 0 Å². The van der Waals surface area contributed by atoms with E-state index in [-0.39, 0.29) is 0 Å². The Morgan fingerprint density at radius 2 is 1.52 bits per heavy atom. The minimum absolute atomic E-state index is 0.301. The molecule has 1 saturated heterocycles.